The van der Waals surface area contributed by atoms with E-state index in [1.54, 1.807) is 0 Å². The molecule has 0 spiro atoms. The van der Waals surface area contributed by atoms with Crippen LogP contribution in [0.25, 0.3) is 38.7 Å². The smallest absolute Gasteiger partial charge is 0.497 e. The van der Waals surface area contributed by atoms with Gasteiger partial charge in [0.25, 0.3) is 0 Å². The second-order valence-corrected chi connectivity index (χ2v) is 16.3. The Hall–Kier alpha value is -4.35. The van der Waals surface area contributed by atoms with Gasteiger partial charge in [0.05, 0.1) is 5.65 Å². The molecule has 2 aliphatic heterocycles. The number of imidazole rings is 2. The summed E-state index contributed by atoms with van der Waals surface area (Å²) in [5.41, 5.74) is 11.9. The average molecular weight is 865 g/mol. The molecule has 9 rings (SSSR count). The fraction of sp³-hybridized carbons (Fsp3) is 0.318. The molecule has 264 valence electrons. The van der Waals surface area contributed by atoms with Gasteiger partial charge in [-0.05, 0) is 53.3 Å². The number of anilines is 1. The van der Waals surface area contributed by atoms with Crippen molar-refractivity contribution in [3.8, 4) is 22.9 Å². The van der Waals surface area contributed by atoms with Crippen LogP contribution in [-0.2, 0) is 31.9 Å². The van der Waals surface area contributed by atoms with Crippen LogP contribution in [0.15, 0.2) is 73.2 Å². The second-order valence-electron chi connectivity index (χ2n) is 16.3. The molecule has 2 aliphatic rings. The predicted octanol–water partition coefficient (Wildman–Crippen LogP) is 9.71. The molecule has 7 aromatic rings. The molecule has 52 heavy (non-hydrogen) atoms. The van der Waals surface area contributed by atoms with Crippen molar-refractivity contribution in [1.82, 2.24) is 18.8 Å². The normalized spacial score (nSPS) is 15.5. The Morgan fingerprint density at radius 3 is 2.23 bits per heavy atom. The first-order valence-electron chi connectivity index (χ1n) is 18.2. The Bertz CT molecular complexity index is 2550. The van der Waals surface area contributed by atoms with Crippen LogP contribution in [0.4, 0.5) is 5.69 Å². The second kappa shape index (κ2) is 11.8. The fourth-order valence-electron chi connectivity index (χ4n) is 8.91. The fourth-order valence-corrected chi connectivity index (χ4v) is 8.91. The Morgan fingerprint density at radius 1 is 0.827 bits per heavy atom. The van der Waals surface area contributed by atoms with E-state index in [4.69, 9.17) is 14.7 Å². The van der Waals surface area contributed by atoms with Crippen molar-refractivity contribution < 1.29 is 25.8 Å². The summed E-state index contributed by atoms with van der Waals surface area (Å²) >= 11 is 0. The quantitative estimate of drug-likeness (QED) is 0.0983. The summed E-state index contributed by atoms with van der Waals surface area (Å²) in [5, 5.41) is 3.36. The molecule has 0 bridgehead atoms. The van der Waals surface area contributed by atoms with E-state index in [2.05, 4.69) is 150 Å². The summed E-state index contributed by atoms with van der Waals surface area (Å²) in [5.74, 6) is 2.92. The average Bonchev–Trinajstić information content (AvgIpc) is 3.77. The third-order valence-electron chi connectivity index (χ3n) is 12.4. The Morgan fingerprint density at radius 2 is 1.52 bits per heavy atom. The van der Waals surface area contributed by atoms with E-state index in [1.807, 2.05) is 18.3 Å². The Balaban J connectivity index is 0.00000387. The van der Waals surface area contributed by atoms with E-state index in [1.165, 1.54) is 44.3 Å². The summed E-state index contributed by atoms with van der Waals surface area (Å²) in [6, 6.07) is 27.0. The minimum absolute atomic E-state index is 0. The largest absolute Gasteiger partial charge is 2.00 e. The molecule has 0 N–H and O–H groups in total. The van der Waals surface area contributed by atoms with Gasteiger partial charge < -0.3 is 18.4 Å². The first-order valence-corrected chi connectivity index (χ1v) is 18.2. The van der Waals surface area contributed by atoms with Crippen LogP contribution in [0, 0.1) is 19.1 Å². The Labute approximate surface area is 321 Å². The standard InChI is InChI=1S/C44H44BN5O.Pt/c1-25(2)30-12-11-13-31(26(3)4)39(30)45-48(10)36-19-16-29(23-34(36)41-46-20-21-49(41)45)51-28-15-17-32-33(22-28)42-47-24-37-44(8,9)43(6,7)35-18-14-27(5)38(32)40(35)50(37)42;/h11-21,24-26H,1-10H3;/q-2;+2. The van der Waals surface area contributed by atoms with Gasteiger partial charge in [0.15, 0.2) is 0 Å². The van der Waals surface area contributed by atoms with Crippen molar-refractivity contribution in [1.29, 1.82) is 0 Å². The minimum atomic E-state index is -0.118. The van der Waals surface area contributed by atoms with Crippen molar-refractivity contribution in [2.75, 3.05) is 11.9 Å². The van der Waals surface area contributed by atoms with Crippen LogP contribution >= 0.6 is 0 Å². The molecule has 0 fully saturated rings. The van der Waals surface area contributed by atoms with Gasteiger partial charge in [-0.2, -0.15) is 0 Å². The van der Waals surface area contributed by atoms with Gasteiger partial charge in [-0.3, -0.25) is 9.97 Å². The monoisotopic (exact) mass is 864 g/mol. The molecule has 6 nitrogen and oxygen atoms in total. The van der Waals surface area contributed by atoms with E-state index in [9.17, 15) is 0 Å². The summed E-state index contributed by atoms with van der Waals surface area (Å²) in [6.07, 6.45) is 6.06. The van der Waals surface area contributed by atoms with Gasteiger partial charge in [0, 0.05) is 58.0 Å². The molecule has 0 amide bonds. The van der Waals surface area contributed by atoms with Crippen LogP contribution in [-0.4, -0.2) is 32.9 Å². The van der Waals surface area contributed by atoms with Crippen LogP contribution in [0.1, 0.15) is 95.2 Å². The van der Waals surface area contributed by atoms with Gasteiger partial charge in [0.2, 0.25) is 0 Å². The van der Waals surface area contributed by atoms with Gasteiger partial charge in [0.1, 0.15) is 0 Å². The third kappa shape index (κ3) is 4.60. The van der Waals surface area contributed by atoms with E-state index >= 15 is 0 Å². The number of aromatic nitrogens is 4. The molecule has 0 unspecified atom stereocenters. The van der Waals surface area contributed by atoms with E-state index < -0.39 is 0 Å². The van der Waals surface area contributed by atoms with Crippen LogP contribution in [0.5, 0.6) is 11.5 Å². The number of hydrogen-bond acceptors (Lipinski definition) is 4. The number of pyridine rings is 1. The number of nitrogens with zero attached hydrogens (tertiary/aromatic N) is 5. The number of fused-ring (bicyclic) bond motifs is 6. The zero-order valence-corrected chi connectivity index (χ0v) is 33.9. The van der Waals surface area contributed by atoms with Crippen molar-refractivity contribution in [2.45, 2.75) is 85.0 Å². The van der Waals surface area contributed by atoms with Gasteiger partial charge in [-0.25, -0.2) is 0 Å². The van der Waals surface area contributed by atoms with Gasteiger partial charge in [-0.1, -0.05) is 138 Å². The van der Waals surface area contributed by atoms with Crippen LogP contribution in [0.3, 0.4) is 0 Å². The molecular formula is C44H44BN5OPt. The molecule has 5 heterocycles. The SMILES string of the molecule is Cc1ccc2c3c1c1ccc(Oc4[c-]c5c(cc4)N(C)B(c4c(C(C)C)cccc4C(C)C)n4ccnc4-5)[c-]c1c1ncc(n13)C(C)(C)C2(C)C.[Pt+2]. The zero-order chi connectivity index (χ0) is 35.7. The molecule has 0 saturated heterocycles. The maximum absolute atomic E-state index is 6.60. The number of ether oxygens (including phenoxy) is 1. The summed E-state index contributed by atoms with van der Waals surface area (Å²) in [6.45, 7) is 20.7. The third-order valence-corrected chi connectivity index (χ3v) is 12.4. The summed E-state index contributed by atoms with van der Waals surface area (Å²) < 4.78 is 11.3. The first-order chi connectivity index (χ1) is 24.3. The van der Waals surface area contributed by atoms with E-state index in [0.29, 0.717) is 23.3 Å². The Kier molecular flexibility index (Phi) is 7.90. The molecule has 0 aliphatic carbocycles. The van der Waals surface area contributed by atoms with Crippen LogP contribution in [0.2, 0.25) is 0 Å². The van der Waals surface area contributed by atoms with Crippen molar-refractivity contribution >= 4 is 45.5 Å². The van der Waals surface area contributed by atoms with Gasteiger partial charge in [-0.15, -0.1) is 12.1 Å². The molecule has 0 radical (unpaired) electrons. The maximum Gasteiger partial charge on any atom is 2.00 e. The number of benzene rings is 4. The first kappa shape index (κ1) is 34.7. The van der Waals surface area contributed by atoms with E-state index in [-0.39, 0.29) is 38.9 Å². The topological polar surface area (TPSA) is 47.6 Å². The predicted molar refractivity (Wildman–Crippen MR) is 210 cm³/mol. The van der Waals surface area contributed by atoms with Gasteiger partial charge >= 0.3 is 28.0 Å². The maximum atomic E-state index is 6.60. The molecule has 4 aromatic carbocycles. The molecule has 0 saturated carbocycles. The minimum Gasteiger partial charge on any atom is -0.497 e. The zero-order valence-electron chi connectivity index (χ0n) is 31.6. The number of aryl methyl sites for hydroxylation is 1. The van der Waals surface area contributed by atoms with Crippen molar-refractivity contribution in [2.24, 2.45) is 0 Å². The summed E-state index contributed by atoms with van der Waals surface area (Å²) in [7, 11) is 2.18. The van der Waals surface area contributed by atoms with E-state index in [0.717, 1.165) is 33.5 Å². The molecule has 0 atom stereocenters. The number of hydrogen-bond donors (Lipinski definition) is 0. The summed E-state index contributed by atoms with van der Waals surface area (Å²) in [4.78, 5) is 12.3. The van der Waals surface area contributed by atoms with Crippen molar-refractivity contribution in [3.05, 3.63) is 113 Å². The van der Waals surface area contributed by atoms with Crippen LogP contribution < -0.4 is 15.0 Å². The van der Waals surface area contributed by atoms with Crippen molar-refractivity contribution in [3.63, 3.8) is 0 Å². The number of rotatable bonds is 5. The molecular weight excluding hydrogens is 820 g/mol. The molecule has 3 aromatic heterocycles. The molecule has 8 heteroatoms.